The summed E-state index contributed by atoms with van der Waals surface area (Å²) in [6.45, 7) is 6.22. The van der Waals surface area contributed by atoms with Gasteiger partial charge in [-0.3, -0.25) is 4.79 Å². The molecule has 140 valence electrons. The molecule has 0 aromatic heterocycles. The summed E-state index contributed by atoms with van der Waals surface area (Å²) in [5.74, 6) is 0.995. The minimum absolute atomic E-state index is 0.0915. The van der Waals surface area contributed by atoms with Crippen LogP contribution >= 0.6 is 0 Å². The fourth-order valence-corrected chi connectivity index (χ4v) is 2.74. The van der Waals surface area contributed by atoms with Crippen LogP contribution in [-0.4, -0.2) is 25.6 Å². The Hall–Kier alpha value is -2.13. The van der Waals surface area contributed by atoms with E-state index in [4.69, 9.17) is 9.47 Å². The van der Waals surface area contributed by atoms with Crippen molar-refractivity contribution in [3.63, 3.8) is 0 Å². The maximum absolute atomic E-state index is 11.3. The summed E-state index contributed by atoms with van der Waals surface area (Å²) in [4.78, 5) is 11.3. The molecule has 0 aliphatic heterocycles. The monoisotopic (exact) mass is 354 g/mol. The van der Waals surface area contributed by atoms with Gasteiger partial charge in [0.25, 0.3) is 0 Å². The first-order valence-corrected chi connectivity index (χ1v) is 9.62. The van der Waals surface area contributed by atoms with Crippen molar-refractivity contribution in [3.05, 3.63) is 54.1 Å². The highest BCUT2D eigenvalue weighted by molar-refractivity contribution is 5.94. The van der Waals surface area contributed by atoms with E-state index in [-0.39, 0.29) is 5.78 Å². The minimum atomic E-state index is 0.0915. The van der Waals surface area contributed by atoms with Gasteiger partial charge in [0.15, 0.2) is 5.78 Å². The summed E-state index contributed by atoms with van der Waals surface area (Å²) in [6.07, 6.45) is 5.67. The molecule has 0 heterocycles. The van der Waals surface area contributed by atoms with E-state index in [0.717, 1.165) is 61.5 Å². The van der Waals surface area contributed by atoms with Crippen LogP contribution in [0, 0.1) is 0 Å². The highest BCUT2D eigenvalue weighted by Gasteiger charge is 2.02. The van der Waals surface area contributed by atoms with Crippen molar-refractivity contribution >= 4 is 5.78 Å². The van der Waals surface area contributed by atoms with E-state index in [1.807, 2.05) is 36.4 Å². The van der Waals surface area contributed by atoms with Crippen LogP contribution in [0.1, 0.15) is 56.3 Å². The van der Waals surface area contributed by atoms with Gasteiger partial charge in [-0.05, 0) is 55.9 Å². The minimum Gasteiger partial charge on any atom is -0.494 e. The van der Waals surface area contributed by atoms with Gasteiger partial charge >= 0.3 is 0 Å². The molecule has 0 amide bonds. The molecule has 0 unspecified atom stereocenters. The highest BCUT2D eigenvalue weighted by Crippen LogP contribution is 2.23. The predicted molar refractivity (Wildman–Crippen MR) is 107 cm³/mol. The Bertz CT molecular complexity index is 644. The van der Waals surface area contributed by atoms with Crippen LogP contribution in [0.3, 0.4) is 0 Å². The Kier molecular flexibility index (Phi) is 8.91. The first kappa shape index (κ1) is 20.2. The number of hydrogen-bond donors (Lipinski definition) is 0. The standard InChI is InChI=1S/C23H30O3/c1-3-16-25-17-6-4-5-7-18-26-23-14-12-22(13-15-23)21-10-8-20(9-11-21)19(2)24/h8-15H,3-7,16-18H2,1-2H3. The van der Waals surface area contributed by atoms with Gasteiger partial charge in [-0.2, -0.15) is 0 Å². The maximum atomic E-state index is 11.3. The Morgan fingerprint density at radius 1 is 0.769 bits per heavy atom. The molecule has 0 aliphatic carbocycles. The quantitative estimate of drug-likeness (QED) is 0.350. The zero-order valence-corrected chi connectivity index (χ0v) is 16.0. The number of benzene rings is 2. The Morgan fingerprint density at radius 2 is 1.35 bits per heavy atom. The van der Waals surface area contributed by atoms with E-state index in [0.29, 0.717) is 0 Å². The van der Waals surface area contributed by atoms with Crippen LogP contribution in [0.2, 0.25) is 0 Å². The zero-order chi connectivity index (χ0) is 18.6. The van der Waals surface area contributed by atoms with Crippen LogP contribution in [0.15, 0.2) is 48.5 Å². The second kappa shape index (κ2) is 11.5. The Balaban J connectivity index is 1.68. The van der Waals surface area contributed by atoms with E-state index in [1.165, 1.54) is 12.8 Å². The third-order valence-corrected chi connectivity index (χ3v) is 4.28. The van der Waals surface area contributed by atoms with Gasteiger partial charge in [0.05, 0.1) is 6.61 Å². The molecule has 0 bridgehead atoms. The molecule has 0 saturated heterocycles. The van der Waals surface area contributed by atoms with E-state index in [9.17, 15) is 4.79 Å². The number of Topliss-reactive ketones (excluding diaryl/α,β-unsaturated/α-hetero) is 1. The second-order valence-corrected chi connectivity index (χ2v) is 6.53. The number of carbonyl (C=O) groups is 1. The first-order valence-electron chi connectivity index (χ1n) is 9.62. The lowest BCUT2D eigenvalue weighted by Crippen LogP contribution is -1.99. The lowest BCUT2D eigenvalue weighted by atomic mass is 10.0. The lowest BCUT2D eigenvalue weighted by molar-refractivity contribution is 0.101. The van der Waals surface area contributed by atoms with Crippen LogP contribution in [0.4, 0.5) is 0 Å². The van der Waals surface area contributed by atoms with E-state index in [2.05, 4.69) is 19.1 Å². The molecule has 2 aromatic carbocycles. The third kappa shape index (κ3) is 7.01. The van der Waals surface area contributed by atoms with Gasteiger partial charge in [0, 0.05) is 18.8 Å². The van der Waals surface area contributed by atoms with Crippen molar-refractivity contribution in [2.45, 2.75) is 46.0 Å². The second-order valence-electron chi connectivity index (χ2n) is 6.53. The normalized spacial score (nSPS) is 10.7. The van der Waals surface area contributed by atoms with Crippen LogP contribution in [0.25, 0.3) is 11.1 Å². The zero-order valence-electron chi connectivity index (χ0n) is 16.0. The van der Waals surface area contributed by atoms with Crippen molar-refractivity contribution in [1.29, 1.82) is 0 Å². The Labute approximate surface area is 157 Å². The highest BCUT2D eigenvalue weighted by atomic mass is 16.5. The SMILES string of the molecule is CCCOCCCCCCOc1ccc(-c2ccc(C(C)=O)cc2)cc1. The van der Waals surface area contributed by atoms with Gasteiger partial charge in [0.1, 0.15) is 5.75 Å². The summed E-state index contributed by atoms with van der Waals surface area (Å²) in [6, 6.07) is 15.8. The molecule has 0 spiro atoms. The van der Waals surface area contributed by atoms with Crippen LogP contribution in [-0.2, 0) is 4.74 Å². The smallest absolute Gasteiger partial charge is 0.159 e. The molecule has 0 atom stereocenters. The van der Waals surface area contributed by atoms with E-state index < -0.39 is 0 Å². The van der Waals surface area contributed by atoms with Gasteiger partial charge in [-0.15, -0.1) is 0 Å². The number of unbranched alkanes of at least 4 members (excludes halogenated alkanes) is 3. The molecule has 2 aromatic rings. The van der Waals surface area contributed by atoms with Crippen molar-refractivity contribution < 1.29 is 14.3 Å². The average molecular weight is 354 g/mol. The third-order valence-electron chi connectivity index (χ3n) is 4.28. The fourth-order valence-electron chi connectivity index (χ4n) is 2.74. The number of hydrogen-bond acceptors (Lipinski definition) is 3. The summed E-state index contributed by atoms with van der Waals surface area (Å²) >= 11 is 0. The average Bonchev–Trinajstić information content (AvgIpc) is 2.67. The largest absolute Gasteiger partial charge is 0.494 e. The van der Waals surface area contributed by atoms with Crippen LogP contribution in [0.5, 0.6) is 5.75 Å². The maximum Gasteiger partial charge on any atom is 0.159 e. The number of ketones is 1. The van der Waals surface area contributed by atoms with Gasteiger partial charge in [-0.25, -0.2) is 0 Å². The fraction of sp³-hybridized carbons (Fsp3) is 0.435. The molecule has 0 fully saturated rings. The molecule has 2 rings (SSSR count). The van der Waals surface area contributed by atoms with E-state index >= 15 is 0 Å². The predicted octanol–water partition coefficient (Wildman–Crippen LogP) is 5.92. The first-order chi connectivity index (χ1) is 12.7. The molecular weight excluding hydrogens is 324 g/mol. The summed E-state index contributed by atoms with van der Waals surface area (Å²) in [5.41, 5.74) is 2.97. The summed E-state index contributed by atoms with van der Waals surface area (Å²) in [7, 11) is 0. The molecule has 0 saturated carbocycles. The van der Waals surface area contributed by atoms with Gasteiger partial charge < -0.3 is 9.47 Å². The molecule has 3 heteroatoms. The number of ether oxygens (including phenoxy) is 2. The molecule has 3 nitrogen and oxygen atoms in total. The van der Waals surface area contributed by atoms with Gasteiger partial charge in [0.2, 0.25) is 0 Å². The van der Waals surface area contributed by atoms with Crippen molar-refractivity contribution in [2.24, 2.45) is 0 Å². The summed E-state index contributed by atoms with van der Waals surface area (Å²) in [5, 5.41) is 0. The Morgan fingerprint density at radius 3 is 1.92 bits per heavy atom. The molecule has 0 aliphatic rings. The van der Waals surface area contributed by atoms with Gasteiger partial charge in [-0.1, -0.05) is 49.7 Å². The topological polar surface area (TPSA) is 35.5 Å². The molecule has 0 radical (unpaired) electrons. The molecule has 0 N–H and O–H groups in total. The van der Waals surface area contributed by atoms with Crippen molar-refractivity contribution in [1.82, 2.24) is 0 Å². The number of rotatable bonds is 12. The molecular formula is C23H30O3. The molecule has 26 heavy (non-hydrogen) atoms. The van der Waals surface area contributed by atoms with Crippen molar-refractivity contribution in [3.8, 4) is 16.9 Å². The van der Waals surface area contributed by atoms with Crippen molar-refractivity contribution in [2.75, 3.05) is 19.8 Å². The van der Waals surface area contributed by atoms with Crippen LogP contribution < -0.4 is 4.74 Å². The van der Waals surface area contributed by atoms with E-state index in [1.54, 1.807) is 6.92 Å². The lowest BCUT2D eigenvalue weighted by Gasteiger charge is -2.08. The number of carbonyl (C=O) groups excluding carboxylic acids is 1. The summed E-state index contributed by atoms with van der Waals surface area (Å²) < 4.78 is 11.3.